The topological polar surface area (TPSA) is 64.3 Å². The molecule has 2 heterocycles. The van der Waals surface area contributed by atoms with Gasteiger partial charge in [-0.1, -0.05) is 0 Å². The van der Waals surface area contributed by atoms with Crippen LogP contribution in [0.3, 0.4) is 0 Å². The van der Waals surface area contributed by atoms with Crippen molar-refractivity contribution in [3.63, 3.8) is 0 Å². The molecule has 16 heavy (non-hydrogen) atoms. The number of hydrogen-bond acceptors (Lipinski definition) is 5. The molecule has 0 spiro atoms. The molecule has 0 amide bonds. The zero-order valence-corrected chi connectivity index (χ0v) is 9.59. The van der Waals surface area contributed by atoms with E-state index in [1.807, 2.05) is 19.2 Å². The summed E-state index contributed by atoms with van der Waals surface area (Å²) in [6.07, 6.45) is 2.63. The maximum Gasteiger partial charge on any atom is 0.151 e. The first-order chi connectivity index (χ1) is 7.79. The molecule has 5 heteroatoms. The van der Waals surface area contributed by atoms with Crippen LogP contribution in [0.4, 0.5) is 5.82 Å². The number of rotatable bonds is 4. The zero-order chi connectivity index (χ0) is 11.4. The molecule has 0 aromatic carbocycles. The van der Waals surface area contributed by atoms with Crippen LogP contribution in [0.1, 0.15) is 18.5 Å². The Labute approximate surface area is 95.6 Å². The van der Waals surface area contributed by atoms with Crippen molar-refractivity contribution in [3.8, 4) is 0 Å². The van der Waals surface area contributed by atoms with Crippen molar-refractivity contribution in [1.82, 2.24) is 10.2 Å². The first-order valence-corrected chi connectivity index (χ1v) is 5.65. The van der Waals surface area contributed by atoms with Gasteiger partial charge in [-0.15, -0.1) is 5.10 Å². The number of likely N-dealkylation sites (N-methyl/N-ethyl adjacent to an activating group) is 1. The van der Waals surface area contributed by atoms with Gasteiger partial charge in [0.1, 0.15) is 0 Å². The van der Waals surface area contributed by atoms with Crippen molar-refractivity contribution in [2.45, 2.75) is 25.5 Å². The molecule has 0 aliphatic carbocycles. The summed E-state index contributed by atoms with van der Waals surface area (Å²) in [5.41, 5.74) is 6.29. The number of anilines is 1. The highest BCUT2D eigenvalue weighted by Gasteiger charge is 2.18. The summed E-state index contributed by atoms with van der Waals surface area (Å²) in [7, 11) is 2.01. The van der Waals surface area contributed by atoms with E-state index in [1.165, 1.54) is 0 Å². The second-order valence-corrected chi connectivity index (χ2v) is 4.10. The molecule has 1 aliphatic heterocycles. The summed E-state index contributed by atoms with van der Waals surface area (Å²) in [6.45, 7) is 2.19. The molecule has 0 bridgehead atoms. The molecule has 1 aromatic heterocycles. The minimum atomic E-state index is 0.334. The first kappa shape index (κ1) is 11.3. The van der Waals surface area contributed by atoms with E-state index in [2.05, 4.69) is 15.1 Å². The molecule has 2 N–H and O–H groups in total. The lowest BCUT2D eigenvalue weighted by molar-refractivity contribution is 0.116. The van der Waals surface area contributed by atoms with Crippen molar-refractivity contribution in [2.24, 2.45) is 5.73 Å². The third-order valence-corrected chi connectivity index (χ3v) is 2.81. The molecular formula is C11H18N4O. The first-order valence-electron chi connectivity index (χ1n) is 5.65. The number of nitrogens with zero attached hydrogens (tertiary/aromatic N) is 3. The Morgan fingerprint density at radius 3 is 2.94 bits per heavy atom. The van der Waals surface area contributed by atoms with Gasteiger partial charge < -0.3 is 15.4 Å². The van der Waals surface area contributed by atoms with Gasteiger partial charge in [0, 0.05) is 26.7 Å². The number of aromatic nitrogens is 2. The van der Waals surface area contributed by atoms with Crippen LogP contribution in [0, 0.1) is 0 Å². The van der Waals surface area contributed by atoms with Crippen LogP contribution in [0.25, 0.3) is 0 Å². The van der Waals surface area contributed by atoms with Gasteiger partial charge in [-0.05, 0) is 25.0 Å². The summed E-state index contributed by atoms with van der Waals surface area (Å²) in [5, 5.41) is 8.17. The minimum Gasteiger partial charge on any atom is -0.376 e. The lowest BCUT2D eigenvalue weighted by atomic mass is 10.2. The van der Waals surface area contributed by atoms with E-state index in [0.29, 0.717) is 12.6 Å². The number of ether oxygens (including phenoxy) is 1. The summed E-state index contributed by atoms with van der Waals surface area (Å²) < 4.78 is 5.58. The summed E-state index contributed by atoms with van der Waals surface area (Å²) in [5.74, 6) is 0.868. The molecule has 0 saturated carbocycles. The van der Waals surface area contributed by atoms with Gasteiger partial charge in [0.2, 0.25) is 0 Å². The van der Waals surface area contributed by atoms with E-state index < -0.39 is 0 Å². The van der Waals surface area contributed by atoms with E-state index >= 15 is 0 Å². The Morgan fingerprint density at radius 1 is 1.50 bits per heavy atom. The fraction of sp³-hybridized carbons (Fsp3) is 0.636. The van der Waals surface area contributed by atoms with Crippen LogP contribution in [0.5, 0.6) is 0 Å². The average molecular weight is 222 g/mol. The summed E-state index contributed by atoms with van der Waals surface area (Å²) in [6, 6.07) is 3.86. The number of hydrogen-bond donors (Lipinski definition) is 1. The highest BCUT2D eigenvalue weighted by atomic mass is 16.5. The van der Waals surface area contributed by atoms with Gasteiger partial charge in [-0.2, -0.15) is 5.10 Å². The van der Waals surface area contributed by atoms with Crippen LogP contribution >= 0.6 is 0 Å². The van der Waals surface area contributed by atoms with Gasteiger partial charge in [0.15, 0.2) is 5.82 Å². The maximum absolute atomic E-state index is 5.58. The highest BCUT2D eigenvalue weighted by Crippen LogP contribution is 2.15. The van der Waals surface area contributed by atoms with Crippen LogP contribution in [-0.4, -0.2) is 36.5 Å². The summed E-state index contributed by atoms with van der Waals surface area (Å²) >= 11 is 0. The van der Waals surface area contributed by atoms with Crippen LogP contribution in [0.2, 0.25) is 0 Å². The summed E-state index contributed by atoms with van der Waals surface area (Å²) in [4.78, 5) is 2.07. The zero-order valence-electron chi connectivity index (χ0n) is 9.59. The van der Waals surface area contributed by atoms with Crippen LogP contribution < -0.4 is 10.6 Å². The predicted molar refractivity (Wildman–Crippen MR) is 62.2 cm³/mol. The maximum atomic E-state index is 5.58. The van der Waals surface area contributed by atoms with Crippen molar-refractivity contribution >= 4 is 5.82 Å². The number of nitrogens with two attached hydrogens (primary N) is 1. The third kappa shape index (κ3) is 2.68. The molecule has 1 fully saturated rings. The molecule has 1 aliphatic rings. The molecule has 2 rings (SSSR count). The Kier molecular flexibility index (Phi) is 3.69. The van der Waals surface area contributed by atoms with Gasteiger partial charge >= 0.3 is 0 Å². The molecule has 1 atom stereocenters. The fourth-order valence-corrected chi connectivity index (χ4v) is 1.85. The Hall–Kier alpha value is -1.20. The molecular weight excluding hydrogens is 204 g/mol. The monoisotopic (exact) mass is 222 g/mol. The lowest BCUT2D eigenvalue weighted by Crippen LogP contribution is -2.29. The molecule has 1 saturated heterocycles. The van der Waals surface area contributed by atoms with Gasteiger partial charge in [-0.25, -0.2) is 0 Å². The molecule has 0 radical (unpaired) electrons. The lowest BCUT2D eigenvalue weighted by Gasteiger charge is -2.21. The van der Waals surface area contributed by atoms with Gasteiger partial charge in [0.25, 0.3) is 0 Å². The Morgan fingerprint density at radius 2 is 2.38 bits per heavy atom. The molecule has 1 aromatic rings. The largest absolute Gasteiger partial charge is 0.376 e. The van der Waals surface area contributed by atoms with Crippen LogP contribution in [-0.2, 0) is 11.3 Å². The van der Waals surface area contributed by atoms with Gasteiger partial charge in [0.05, 0.1) is 11.8 Å². The fourth-order valence-electron chi connectivity index (χ4n) is 1.85. The normalized spacial score (nSPS) is 20.0. The van der Waals surface area contributed by atoms with E-state index in [4.69, 9.17) is 10.5 Å². The predicted octanol–water partition coefficient (Wildman–Crippen LogP) is 0.550. The Bertz CT molecular complexity index is 321. The highest BCUT2D eigenvalue weighted by molar-refractivity contribution is 5.36. The Balaban J connectivity index is 1.94. The second kappa shape index (κ2) is 5.23. The smallest absolute Gasteiger partial charge is 0.151 e. The quantitative estimate of drug-likeness (QED) is 0.806. The molecule has 1 unspecified atom stereocenters. The third-order valence-electron chi connectivity index (χ3n) is 2.81. The minimum absolute atomic E-state index is 0.334. The SMILES string of the molecule is CN(CC1CCCO1)c1ccc(CN)nn1. The van der Waals surface area contributed by atoms with Gasteiger partial charge in [-0.3, -0.25) is 0 Å². The van der Waals surface area contributed by atoms with Crippen molar-refractivity contribution in [3.05, 3.63) is 17.8 Å². The molecule has 5 nitrogen and oxygen atoms in total. The average Bonchev–Trinajstić information content (AvgIpc) is 2.82. The van der Waals surface area contributed by atoms with E-state index in [-0.39, 0.29) is 0 Å². The standard InChI is InChI=1S/C11H18N4O/c1-15(8-10-3-2-6-16-10)11-5-4-9(7-12)13-14-11/h4-5,10H,2-3,6-8,12H2,1H3. The van der Waals surface area contributed by atoms with Crippen molar-refractivity contribution in [2.75, 3.05) is 25.1 Å². The van der Waals surface area contributed by atoms with E-state index in [1.54, 1.807) is 0 Å². The van der Waals surface area contributed by atoms with Crippen LogP contribution in [0.15, 0.2) is 12.1 Å². The molecule has 88 valence electrons. The van der Waals surface area contributed by atoms with E-state index in [9.17, 15) is 0 Å². The van der Waals surface area contributed by atoms with E-state index in [0.717, 1.165) is 37.5 Å². The van der Waals surface area contributed by atoms with Crippen molar-refractivity contribution in [1.29, 1.82) is 0 Å². The van der Waals surface area contributed by atoms with Crippen molar-refractivity contribution < 1.29 is 4.74 Å². The second-order valence-electron chi connectivity index (χ2n) is 4.10.